The average molecular weight is 257 g/mol. The van der Waals surface area contributed by atoms with E-state index in [1.165, 1.54) is 32.1 Å². The number of ether oxygens (including phenoxy) is 2. The van der Waals surface area contributed by atoms with Crippen molar-refractivity contribution in [3.05, 3.63) is 0 Å². The van der Waals surface area contributed by atoms with Crippen molar-refractivity contribution in [1.82, 2.24) is 5.32 Å². The first-order valence-electron chi connectivity index (χ1n) is 7.65. The normalized spacial score (nSPS) is 20.2. The van der Waals surface area contributed by atoms with Crippen LogP contribution in [0.3, 0.4) is 0 Å². The summed E-state index contributed by atoms with van der Waals surface area (Å²) < 4.78 is 11.4. The number of methoxy groups -OCH3 is 1. The van der Waals surface area contributed by atoms with Gasteiger partial charge in [0.25, 0.3) is 0 Å². The van der Waals surface area contributed by atoms with Crippen LogP contribution in [0.15, 0.2) is 0 Å². The molecule has 0 amide bonds. The zero-order chi connectivity index (χ0) is 13.3. The van der Waals surface area contributed by atoms with Crippen molar-refractivity contribution >= 4 is 0 Å². The minimum atomic E-state index is 0.0949. The van der Waals surface area contributed by atoms with E-state index in [-0.39, 0.29) is 5.60 Å². The van der Waals surface area contributed by atoms with Gasteiger partial charge >= 0.3 is 0 Å². The van der Waals surface area contributed by atoms with E-state index in [1.54, 1.807) is 7.11 Å². The maximum atomic E-state index is 6.18. The van der Waals surface area contributed by atoms with E-state index in [4.69, 9.17) is 9.47 Å². The van der Waals surface area contributed by atoms with Crippen LogP contribution < -0.4 is 5.32 Å². The lowest BCUT2D eigenvalue weighted by atomic mass is 9.88. The van der Waals surface area contributed by atoms with E-state index in [9.17, 15) is 0 Å². The van der Waals surface area contributed by atoms with Crippen LogP contribution in [0.2, 0.25) is 0 Å². The van der Waals surface area contributed by atoms with Crippen LogP contribution >= 0.6 is 0 Å². The molecule has 1 aliphatic rings. The van der Waals surface area contributed by atoms with Crippen LogP contribution in [-0.2, 0) is 9.47 Å². The number of rotatable bonds is 10. The maximum absolute atomic E-state index is 6.18. The molecule has 1 rings (SSSR count). The van der Waals surface area contributed by atoms with Crippen LogP contribution in [0, 0.1) is 0 Å². The topological polar surface area (TPSA) is 30.5 Å². The molecule has 1 unspecified atom stereocenters. The highest BCUT2D eigenvalue weighted by Crippen LogP contribution is 2.37. The van der Waals surface area contributed by atoms with Crippen LogP contribution in [0.25, 0.3) is 0 Å². The Balaban J connectivity index is 2.58. The first-order valence-corrected chi connectivity index (χ1v) is 7.65. The van der Waals surface area contributed by atoms with Crippen molar-refractivity contribution in [3.8, 4) is 0 Å². The van der Waals surface area contributed by atoms with Gasteiger partial charge in [-0.25, -0.2) is 0 Å². The fourth-order valence-electron chi connectivity index (χ4n) is 3.16. The van der Waals surface area contributed by atoms with E-state index in [0.29, 0.717) is 6.04 Å². The monoisotopic (exact) mass is 257 g/mol. The molecular weight excluding hydrogens is 226 g/mol. The van der Waals surface area contributed by atoms with Crippen molar-refractivity contribution in [2.24, 2.45) is 0 Å². The predicted molar refractivity (Wildman–Crippen MR) is 76.0 cm³/mol. The molecule has 1 aliphatic carbocycles. The Morgan fingerprint density at radius 1 is 1.22 bits per heavy atom. The third kappa shape index (κ3) is 4.52. The second kappa shape index (κ2) is 8.89. The van der Waals surface area contributed by atoms with E-state index in [1.807, 2.05) is 0 Å². The molecule has 0 bridgehead atoms. The van der Waals surface area contributed by atoms with Gasteiger partial charge in [0.15, 0.2) is 0 Å². The molecule has 0 heterocycles. The van der Waals surface area contributed by atoms with Gasteiger partial charge < -0.3 is 14.8 Å². The molecule has 3 nitrogen and oxygen atoms in total. The van der Waals surface area contributed by atoms with Gasteiger partial charge in [-0.15, -0.1) is 0 Å². The first kappa shape index (κ1) is 15.9. The van der Waals surface area contributed by atoms with Gasteiger partial charge in [-0.05, 0) is 45.6 Å². The van der Waals surface area contributed by atoms with Crippen molar-refractivity contribution in [2.75, 3.05) is 26.9 Å². The number of hydrogen-bond donors (Lipinski definition) is 1. The standard InChI is InChI=1S/C15H31NO2/c1-4-12-16-14(9-8-13-17-3)15(18-5-2)10-6-7-11-15/h14,16H,4-13H2,1-3H3. The van der Waals surface area contributed by atoms with Crippen LogP contribution in [-0.4, -0.2) is 38.5 Å². The molecule has 18 heavy (non-hydrogen) atoms. The quantitative estimate of drug-likeness (QED) is 0.610. The van der Waals surface area contributed by atoms with E-state index < -0.39 is 0 Å². The zero-order valence-corrected chi connectivity index (χ0v) is 12.5. The smallest absolute Gasteiger partial charge is 0.0834 e. The van der Waals surface area contributed by atoms with Crippen molar-refractivity contribution in [2.45, 2.75) is 70.4 Å². The SMILES string of the molecule is CCCNC(CCCOC)C1(OCC)CCCC1. The minimum Gasteiger partial charge on any atom is -0.385 e. The summed E-state index contributed by atoms with van der Waals surface area (Å²) in [6.45, 7) is 7.11. The van der Waals surface area contributed by atoms with Crippen LogP contribution in [0.5, 0.6) is 0 Å². The second-order valence-electron chi connectivity index (χ2n) is 5.35. The summed E-state index contributed by atoms with van der Waals surface area (Å²) >= 11 is 0. The third-order valence-corrected chi connectivity index (χ3v) is 4.00. The summed E-state index contributed by atoms with van der Waals surface area (Å²) in [4.78, 5) is 0. The van der Waals surface area contributed by atoms with E-state index in [2.05, 4.69) is 19.2 Å². The Kier molecular flexibility index (Phi) is 7.87. The zero-order valence-electron chi connectivity index (χ0n) is 12.5. The van der Waals surface area contributed by atoms with Gasteiger partial charge in [0.2, 0.25) is 0 Å². The summed E-state index contributed by atoms with van der Waals surface area (Å²) in [6, 6.07) is 0.495. The van der Waals surface area contributed by atoms with E-state index >= 15 is 0 Å². The summed E-state index contributed by atoms with van der Waals surface area (Å²) in [5.74, 6) is 0. The minimum absolute atomic E-state index is 0.0949. The van der Waals surface area contributed by atoms with E-state index in [0.717, 1.165) is 32.6 Å². The molecule has 0 aromatic rings. The predicted octanol–water partition coefficient (Wildman–Crippen LogP) is 3.13. The van der Waals surface area contributed by atoms with Gasteiger partial charge in [0, 0.05) is 26.4 Å². The van der Waals surface area contributed by atoms with Crippen molar-refractivity contribution in [3.63, 3.8) is 0 Å². The molecule has 1 atom stereocenters. The Bertz CT molecular complexity index is 203. The Morgan fingerprint density at radius 2 is 1.94 bits per heavy atom. The van der Waals surface area contributed by atoms with Crippen molar-refractivity contribution in [1.29, 1.82) is 0 Å². The summed E-state index contributed by atoms with van der Waals surface area (Å²) in [5.41, 5.74) is 0.0949. The molecule has 0 radical (unpaired) electrons. The lowest BCUT2D eigenvalue weighted by molar-refractivity contribution is -0.0643. The van der Waals surface area contributed by atoms with Crippen molar-refractivity contribution < 1.29 is 9.47 Å². The maximum Gasteiger partial charge on any atom is 0.0834 e. The molecule has 1 N–H and O–H groups in total. The Labute approximate surface area is 113 Å². The molecule has 0 aromatic heterocycles. The lowest BCUT2D eigenvalue weighted by Crippen LogP contribution is -2.51. The molecule has 3 heteroatoms. The van der Waals surface area contributed by atoms with Gasteiger partial charge in [-0.2, -0.15) is 0 Å². The van der Waals surface area contributed by atoms with Gasteiger partial charge in [0.05, 0.1) is 5.60 Å². The lowest BCUT2D eigenvalue weighted by Gasteiger charge is -2.38. The number of nitrogens with one attached hydrogen (secondary N) is 1. The highest BCUT2D eigenvalue weighted by molar-refractivity contribution is 4.97. The summed E-state index contributed by atoms with van der Waals surface area (Å²) in [7, 11) is 1.78. The molecule has 0 saturated heterocycles. The fraction of sp³-hybridized carbons (Fsp3) is 1.00. The van der Waals surface area contributed by atoms with Crippen LogP contribution in [0.1, 0.15) is 58.8 Å². The molecule has 1 saturated carbocycles. The molecule has 1 fully saturated rings. The second-order valence-corrected chi connectivity index (χ2v) is 5.35. The highest BCUT2D eigenvalue weighted by Gasteiger charge is 2.41. The molecule has 0 aliphatic heterocycles. The van der Waals surface area contributed by atoms with Gasteiger partial charge in [-0.1, -0.05) is 19.8 Å². The fourth-order valence-corrected chi connectivity index (χ4v) is 3.16. The third-order valence-electron chi connectivity index (χ3n) is 4.00. The van der Waals surface area contributed by atoms with Gasteiger partial charge in [0.1, 0.15) is 0 Å². The molecular formula is C15H31NO2. The largest absolute Gasteiger partial charge is 0.385 e. The first-order chi connectivity index (χ1) is 8.79. The molecule has 0 aromatic carbocycles. The molecule has 0 spiro atoms. The van der Waals surface area contributed by atoms with Crippen LogP contribution in [0.4, 0.5) is 0 Å². The Morgan fingerprint density at radius 3 is 2.50 bits per heavy atom. The van der Waals surface area contributed by atoms with Gasteiger partial charge in [-0.3, -0.25) is 0 Å². The number of hydrogen-bond acceptors (Lipinski definition) is 3. The highest BCUT2D eigenvalue weighted by atomic mass is 16.5. The average Bonchev–Trinajstić information content (AvgIpc) is 2.83. The Hall–Kier alpha value is -0.120. The molecule has 108 valence electrons. The summed E-state index contributed by atoms with van der Waals surface area (Å²) in [6.07, 6.45) is 8.52. The summed E-state index contributed by atoms with van der Waals surface area (Å²) in [5, 5.41) is 3.72.